The van der Waals surface area contributed by atoms with Crippen LogP contribution in [0.5, 0.6) is 0 Å². The van der Waals surface area contributed by atoms with Crippen molar-refractivity contribution in [1.29, 1.82) is 0 Å². The molecule has 0 aliphatic carbocycles. The first-order valence-electron chi connectivity index (χ1n) is 9.96. The number of benzene rings is 2. The van der Waals surface area contributed by atoms with Crippen LogP contribution in [0, 0.1) is 0 Å². The van der Waals surface area contributed by atoms with E-state index in [1.165, 1.54) is 11.3 Å². The SMILES string of the molecule is CC(NC(=O)[C@H](Cc1c[nH]c2ccccc12)NC(=O)c1cccs1)c1ccc(Cl)cc1. The van der Waals surface area contributed by atoms with E-state index in [9.17, 15) is 9.59 Å². The Morgan fingerprint density at radius 1 is 1.03 bits per heavy atom. The third kappa shape index (κ3) is 4.98. The molecule has 0 aliphatic heterocycles. The average Bonchev–Trinajstić information content (AvgIpc) is 3.44. The molecule has 0 bridgehead atoms. The van der Waals surface area contributed by atoms with Crippen molar-refractivity contribution < 1.29 is 9.59 Å². The number of aromatic amines is 1. The number of carbonyl (C=O) groups is 2. The van der Waals surface area contributed by atoms with Crippen molar-refractivity contribution in [3.05, 3.63) is 93.3 Å². The molecule has 0 spiro atoms. The van der Waals surface area contributed by atoms with Crippen LogP contribution in [0.1, 0.15) is 33.8 Å². The summed E-state index contributed by atoms with van der Waals surface area (Å²) in [5.74, 6) is -0.494. The third-order valence-electron chi connectivity index (χ3n) is 5.19. The Hall–Kier alpha value is -3.09. The first kappa shape index (κ1) is 21.2. The van der Waals surface area contributed by atoms with Gasteiger partial charge in [-0.15, -0.1) is 11.3 Å². The summed E-state index contributed by atoms with van der Waals surface area (Å²) in [4.78, 5) is 29.7. The van der Waals surface area contributed by atoms with Gasteiger partial charge < -0.3 is 15.6 Å². The van der Waals surface area contributed by atoms with Gasteiger partial charge >= 0.3 is 0 Å². The molecule has 1 unspecified atom stereocenters. The smallest absolute Gasteiger partial charge is 0.262 e. The number of carbonyl (C=O) groups excluding carboxylic acids is 2. The van der Waals surface area contributed by atoms with Crippen LogP contribution < -0.4 is 10.6 Å². The molecule has 0 radical (unpaired) electrons. The molecule has 2 aromatic heterocycles. The minimum atomic E-state index is -0.719. The van der Waals surface area contributed by atoms with Gasteiger partial charge in [-0.05, 0) is 47.7 Å². The molecule has 4 rings (SSSR count). The summed E-state index contributed by atoms with van der Waals surface area (Å²) in [7, 11) is 0. The van der Waals surface area contributed by atoms with Gasteiger partial charge in [-0.2, -0.15) is 0 Å². The first-order valence-corrected chi connectivity index (χ1v) is 11.2. The van der Waals surface area contributed by atoms with Crippen molar-refractivity contribution >= 4 is 45.7 Å². The van der Waals surface area contributed by atoms with Crippen molar-refractivity contribution in [2.24, 2.45) is 0 Å². The number of amides is 2. The number of H-pyrrole nitrogens is 1. The van der Waals surface area contributed by atoms with E-state index < -0.39 is 6.04 Å². The van der Waals surface area contributed by atoms with Gasteiger partial charge in [0.15, 0.2) is 0 Å². The van der Waals surface area contributed by atoms with E-state index in [-0.39, 0.29) is 17.9 Å². The minimum Gasteiger partial charge on any atom is -0.361 e. The number of nitrogens with one attached hydrogen (secondary N) is 3. The molecule has 158 valence electrons. The Kier molecular flexibility index (Phi) is 6.39. The largest absolute Gasteiger partial charge is 0.361 e. The van der Waals surface area contributed by atoms with Gasteiger partial charge in [0.25, 0.3) is 5.91 Å². The van der Waals surface area contributed by atoms with Crippen molar-refractivity contribution in [1.82, 2.24) is 15.6 Å². The van der Waals surface area contributed by atoms with Gasteiger partial charge in [-0.1, -0.05) is 48.0 Å². The normalized spacial score (nSPS) is 13.0. The van der Waals surface area contributed by atoms with Crippen LogP contribution in [-0.2, 0) is 11.2 Å². The fourth-order valence-corrected chi connectivity index (χ4v) is 4.27. The molecular weight excluding hydrogens is 430 g/mol. The van der Waals surface area contributed by atoms with E-state index in [0.29, 0.717) is 16.3 Å². The summed E-state index contributed by atoms with van der Waals surface area (Å²) in [6, 6.07) is 17.9. The lowest BCUT2D eigenvalue weighted by atomic mass is 10.0. The Balaban J connectivity index is 1.55. The maximum absolute atomic E-state index is 13.2. The van der Waals surface area contributed by atoms with Gasteiger partial charge in [0.05, 0.1) is 10.9 Å². The highest BCUT2D eigenvalue weighted by atomic mass is 35.5. The molecule has 0 saturated heterocycles. The van der Waals surface area contributed by atoms with Gasteiger partial charge in [0.2, 0.25) is 5.91 Å². The van der Waals surface area contributed by atoms with Crippen molar-refractivity contribution in [3.63, 3.8) is 0 Å². The summed E-state index contributed by atoms with van der Waals surface area (Å²) >= 11 is 7.31. The Morgan fingerprint density at radius 3 is 2.55 bits per heavy atom. The molecule has 0 fully saturated rings. The number of hydrogen-bond acceptors (Lipinski definition) is 3. The molecule has 5 nitrogen and oxygen atoms in total. The zero-order valence-electron chi connectivity index (χ0n) is 16.9. The minimum absolute atomic E-state index is 0.228. The lowest BCUT2D eigenvalue weighted by Gasteiger charge is -2.21. The van der Waals surface area contributed by atoms with Crippen LogP contribution >= 0.6 is 22.9 Å². The van der Waals surface area contributed by atoms with E-state index in [1.807, 2.05) is 61.0 Å². The number of para-hydroxylation sites is 1. The number of fused-ring (bicyclic) bond motifs is 1. The summed E-state index contributed by atoms with van der Waals surface area (Å²) < 4.78 is 0. The second-order valence-corrected chi connectivity index (χ2v) is 8.73. The molecule has 2 aromatic carbocycles. The zero-order valence-corrected chi connectivity index (χ0v) is 18.5. The van der Waals surface area contributed by atoms with Crippen molar-refractivity contribution in [2.75, 3.05) is 0 Å². The molecule has 31 heavy (non-hydrogen) atoms. The van der Waals surface area contributed by atoms with E-state index in [2.05, 4.69) is 15.6 Å². The lowest BCUT2D eigenvalue weighted by Crippen LogP contribution is -2.48. The quantitative estimate of drug-likeness (QED) is 0.365. The second-order valence-electron chi connectivity index (χ2n) is 7.35. The standard InChI is InChI=1S/C24H22ClN3O2S/c1-15(16-8-10-18(25)11-9-16)27-23(29)21(28-24(30)22-7-4-12-31-22)13-17-14-26-20-6-3-2-5-19(17)20/h2-12,14-15,21,26H,13H2,1H3,(H,27,29)(H,28,30)/t15?,21-/m0/s1. The molecule has 2 heterocycles. The summed E-state index contributed by atoms with van der Waals surface area (Å²) in [5, 5.41) is 9.46. The van der Waals surface area contributed by atoms with Crippen LogP contribution in [-0.4, -0.2) is 22.8 Å². The molecular formula is C24H22ClN3O2S. The van der Waals surface area contributed by atoms with E-state index in [4.69, 9.17) is 11.6 Å². The maximum atomic E-state index is 13.2. The fourth-order valence-electron chi connectivity index (χ4n) is 3.52. The molecule has 0 saturated carbocycles. The Morgan fingerprint density at radius 2 is 1.81 bits per heavy atom. The highest BCUT2D eigenvalue weighted by molar-refractivity contribution is 7.12. The first-order chi connectivity index (χ1) is 15.0. The Bertz CT molecular complexity index is 1190. The summed E-state index contributed by atoms with van der Waals surface area (Å²) in [6.45, 7) is 1.91. The molecule has 2 amide bonds. The summed E-state index contributed by atoms with van der Waals surface area (Å²) in [6.07, 6.45) is 2.27. The topological polar surface area (TPSA) is 74.0 Å². The average molecular weight is 452 g/mol. The molecule has 7 heteroatoms. The van der Waals surface area contributed by atoms with Gasteiger partial charge in [-0.25, -0.2) is 0 Å². The highest BCUT2D eigenvalue weighted by Crippen LogP contribution is 2.21. The number of rotatable bonds is 7. The molecule has 2 atom stereocenters. The van der Waals surface area contributed by atoms with Crippen molar-refractivity contribution in [3.8, 4) is 0 Å². The highest BCUT2D eigenvalue weighted by Gasteiger charge is 2.25. The molecule has 0 aliphatic rings. The molecule has 3 N–H and O–H groups in total. The number of aromatic nitrogens is 1. The predicted molar refractivity (Wildman–Crippen MR) is 126 cm³/mol. The van der Waals surface area contributed by atoms with Gasteiger partial charge in [-0.3, -0.25) is 9.59 Å². The zero-order chi connectivity index (χ0) is 21.8. The second kappa shape index (κ2) is 9.37. The third-order valence-corrected chi connectivity index (χ3v) is 6.32. The van der Waals surface area contributed by atoms with Gasteiger partial charge in [0, 0.05) is 28.5 Å². The lowest BCUT2D eigenvalue weighted by molar-refractivity contribution is -0.123. The molecule has 4 aromatic rings. The van der Waals surface area contributed by atoms with Crippen molar-refractivity contribution in [2.45, 2.75) is 25.4 Å². The number of thiophene rings is 1. The number of halogens is 1. The van der Waals surface area contributed by atoms with Crippen LogP contribution in [0.3, 0.4) is 0 Å². The van der Waals surface area contributed by atoms with Gasteiger partial charge in [0.1, 0.15) is 6.04 Å². The van der Waals surface area contributed by atoms with E-state index in [1.54, 1.807) is 18.2 Å². The summed E-state index contributed by atoms with van der Waals surface area (Å²) in [5.41, 5.74) is 2.91. The van der Waals surface area contributed by atoms with Crippen LogP contribution in [0.25, 0.3) is 10.9 Å². The maximum Gasteiger partial charge on any atom is 0.262 e. The van der Waals surface area contributed by atoms with E-state index in [0.717, 1.165) is 22.0 Å². The Labute approximate surface area is 189 Å². The number of hydrogen-bond donors (Lipinski definition) is 3. The predicted octanol–water partition coefficient (Wildman–Crippen LogP) is 5.10. The van der Waals surface area contributed by atoms with Crippen LogP contribution in [0.2, 0.25) is 5.02 Å². The van der Waals surface area contributed by atoms with Crippen LogP contribution in [0.15, 0.2) is 72.2 Å². The van der Waals surface area contributed by atoms with E-state index >= 15 is 0 Å². The fraction of sp³-hybridized carbons (Fsp3) is 0.167. The van der Waals surface area contributed by atoms with Crippen LogP contribution in [0.4, 0.5) is 0 Å². The monoisotopic (exact) mass is 451 g/mol.